The lowest BCUT2D eigenvalue weighted by molar-refractivity contribution is -0.153. The van der Waals surface area contributed by atoms with Gasteiger partial charge >= 0.3 is 0 Å². The largest absolute Gasteiger partial charge is 0.338 e. The van der Waals surface area contributed by atoms with Gasteiger partial charge in [-0.2, -0.15) is 4.98 Å². The number of benzene rings is 1. The smallest absolute Gasteiger partial charge is 0.240 e. The average molecular weight is 425 g/mol. The number of carbonyl (C=O) groups excluding carboxylic acids is 1. The summed E-state index contributed by atoms with van der Waals surface area (Å²) in [6, 6.07) is 7.28. The topological polar surface area (TPSA) is 62.5 Å². The molecule has 3 saturated heterocycles. The van der Waals surface area contributed by atoms with E-state index >= 15 is 0 Å². The number of aromatic nitrogens is 2. The molecule has 1 amide bonds. The third-order valence-electron chi connectivity index (χ3n) is 7.69. The highest BCUT2D eigenvalue weighted by Gasteiger charge is 2.49. The van der Waals surface area contributed by atoms with Gasteiger partial charge in [0.15, 0.2) is 5.82 Å². The molecule has 4 atom stereocenters. The summed E-state index contributed by atoms with van der Waals surface area (Å²) in [6.45, 7) is 2.56. The zero-order chi connectivity index (χ0) is 20.9. The number of nitrogens with zero attached hydrogens (tertiary/aromatic N) is 4. The highest BCUT2D eigenvalue weighted by Crippen LogP contribution is 2.43. The molecule has 1 saturated carbocycles. The first-order chi connectivity index (χ1) is 15.1. The van der Waals surface area contributed by atoms with Crippen LogP contribution >= 0.6 is 0 Å². The second-order valence-corrected chi connectivity index (χ2v) is 9.93. The molecule has 1 aromatic heterocycles. The molecule has 4 aliphatic rings. The second kappa shape index (κ2) is 7.69. The molecule has 2 bridgehead atoms. The minimum absolute atomic E-state index is 0.128. The van der Waals surface area contributed by atoms with E-state index in [1.54, 1.807) is 12.1 Å². The molecule has 4 heterocycles. The molecule has 6 rings (SSSR count). The van der Waals surface area contributed by atoms with Crippen LogP contribution in [0.4, 0.5) is 4.39 Å². The maximum Gasteiger partial charge on any atom is 0.240 e. The lowest BCUT2D eigenvalue weighted by Crippen LogP contribution is -2.65. The molecule has 4 fully saturated rings. The van der Waals surface area contributed by atoms with Crippen molar-refractivity contribution in [2.45, 2.75) is 69.5 Å². The molecule has 0 spiro atoms. The second-order valence-electron chi connectivity index (χ2n) is 9.93. The fraction of sp³-hybridized carbons (Fsp3) is 0.625. The van der Waals surface area contributed by atoms with Crippen molar-refractivity contribution in [2.24, 2.45) is 11.8 Å². The molecule has 0 unspecified atom stereocenters. The van der Waals surface area contributed by atoms with Gasteiger partial charge in [0.05, 0.1) is 6.54 Å². The molecule has 0 radical (unpaired) electrons. The molecule has 0 N–H and O–H groups in total. The Morgan fingerprint density at radius 3 is 2.87 bits per heavy atom. The normalized spacial score (nSPS) is 31.0. The maximum absolute atomic E-state index is 13.8. The van der Waals surface area contributed by atoms with Gasteiger partial charge in [0, 0.05) is 37.5 Å². The van der Waals surface area contributed by atoms with Crippen molar-refractivity contribution in [3.8, 4) is 0 Å². The molecule has 7 heteroatoms. The first-order valence-corrected chi connectivity index (χ1v) is 11.7. The van der Waals surface area contributed by atoms with Gasteiger partial charge in [0.2, 0.25) is 11.8 Å². The minimum atomic E-state index is -0.208. The lowest BCUT2D eigenvalue weighted by atomic mass is 9.71. The number of piperidine rings is 3. The van der Waals surface area contributed by atoms with E-state index in [0.29, 0.717) is 42.7 Å². The Labute approximate surface area is 181 Å². The van der Waals surface area contributed by atoms with Crippen molar-refractivity contribution in [2.75, 3.05) is 13.1 Å². The van der Waals surface area contributed by atoms with E-state index < -0.39 is 0 Å². The van der Waals surface area contributed by atoms with Crippen molar-refractivity contribution >= 4 is 5.91 Å². The third-order valence-corrected chi connectivity index (χ3v) is 7.69. The van der Waals surface area contributed by atoms with Crippen molar-refractivity contribution < 1.29 is 13.7 Å². The van der Waals surface area contributed by atoms with Crippen LogP contribution in [0.5, 0.6) is 0 Å². The summed E-state index contributed by atoms with van der Waals surface area (Å²) in [5, 5.41) is 4.17. The van der Waals surface area contributed by atoms with Gasteiger partial charge in [-0.25, -0.2) is 4.39 Å². The van der Waals surface area contributed by atoms with Gasteiger partial charge in [-0.1, -0.05) is 17.3 Å². The van der Waals surface area contributed by atoms with Gasteiger partial charge in [-0.15, -0.1) is 0 Å². The van der Waals surface area contributed by atoms with Crippen LogP contribution in [0, 0.1) is 17.7 Å². The van der Waals surface area contributed by atoms with E-state index in [2.05, 4.69) is 19.9 Å². The molecule has 3 aliphatic heterocycles. The summed E-state index contributed by atoms with van der Waals surface area (Å²) in [7, 11) is 0. The number of fused-ring (bicyclic) bond motifs is 4. The van der Waals surface area contributed by atoms with E-state index in [1.807, 2.05) is 6.07 Å². The summed E-state index contributed by atoms with van der Waals surface area (Å²) < 4.78 is 19.4. The van der Waals surface area contributed by atoms with Crippen molar-refractivity contribution in [1.82, 2.24) is 19.9 Å². The lowest BCUT2D eigenvalue weighted by Gasteiger charge is -2.56. The molecule has 1 aliphatic carbocycles. The third kappa shape index (κ3) is 3.77. The van der Waals surface area contributed by atoms with Gasteiger partial charge in [-0.3, -0.25) is 9.69 Å². The fourth-order valence-corrected chi connectivity index (χ4v) is 6.20. The number of amides is 1. The predicted molar refractivity (Wildman–Crippen MR) is 112 cm³/mol. The van der Waals surface area contributed by atoms with E-state index in [0.717, 1.165) is 50.2 Å². The van der Waals surface area contributed by atoms with E-state index in [1.165, 1.54) is 18.9 Å². The maximum atomic E-state index is 13.8. The van der Waals surface area contributed by atoms with Gasteiger partial charge in [0.25, 0.3) is 0 Å². The van der Waals surface area contributed by atoms with Crippen molar-refractivity contribution in [3.63, 3.8) is 0 Å². The first-order valence-electron chi connectivity index (χ1n) is 11.7. The molecular weight excluding hydrogens is 395 g/mol. The number of likely N-dealkylation sites (tertiary alicyclic amines) is 1. The Bertz CT molecular complexity index is 974. The molecule has 164 valence electrons. The Kier molecular flexibility index (Phi) is 4.82. The number of hydrogen-bond acceptors (Lipinski definition) is 5. The van der Waals surface area contributed by atoms with Gasteiger partial charge in [-0.05, 0) is 68.1 Å². The van der Waals surface area contributed by atoms with E-state index in [-0.39, 0.29) is 17.8 Å². The van der Waals surface area contributed by atoms with Gasteiger partial charge < -0.3 is 9.42 Å². The summed E-state index contributed by atoms with van der Waals surface area (Å²) in [5.74, 6) is 3.01. The number of halogens is 1. The highest BCUT2D eigenvalue weighted by molar-refractivity contribution is 5.78. The summed E-state index contributed by atoms with van der Waals surface area (Å²) in [6.07, 6.45) is 6.89. The molecule has 2 aromatic rings. The standard InChI is InChI=1S/C24H29FN4O2/c25-19-4-1-3-15(9-19)10-21-18-11-17(20-5-2-6-23(30)29(20)21)12-28(13-18)14-22-26-24(27-31-22)16-7-8-16/h1,3-4,9,16-18,20-21H,2,5-8,10-14H2/t17-,18+,20+,21+/m1/s1. The first kappa shape index (κ1) is 19.4. The number of hydrogen-bond donors (Lipinski definition) is 0. The summed E-state index contributed by atoms with van der Waals surface area (Å²) in [5.41, 5.74) is 0.976. The molecule has 1 aromatic carbocycles. The van der Waals surface area contributed by atoms with Crippen LogP contribution in [0.3, 0.4) is 0 Å². The molecular formula is C24H29FN4O2. The van der Waals surface area contributed by atoms with E-state index in [9.17, 15) is 9.18 Å². The Morgan fingerprint density at radius 1 is 1.16 bits per heavy atom. The van der Waals surface area contributed by atoms with Gasteiger partial charge in [0.1, 0.15) is 5.82 Å². The summed E-state index contributed by atoms with van der Waals surface area (Å²) >= 11 is 0. The predicted octanol–water partition coefficient (Wildman–Crippen LogP) is 3.53. The van der Waals surface area contributed by atoms with Crippen molar-refractivity contribution in [3.05, 3.63) is 47.4 Å². The summed E-state index contributed by atoms with van der Waals surface area (Å²) in [4.78, 5) is 22.2. The van der Waals surface area contributed by atoms with Crippen LogP contribution in [0.1, 0.15) is 61.7 Å². The quantitative estimate of drug-likeness (QED) is 0.735. The van der Waals surface area contributed by atoms with Crippen LogP contribution in [-0.4, -0.2) is 51.0 Å². The minimum Gasteiger partial charge on any atom is -0.338 e. The Balaban J connectivity index is 1.24. The fourth-order valence-electron chi connectivity index (χ4n) is 6.20. The van der Waals surface area contributed by atoms with Crippen molar-refractivity contribution in [1.29, 1.82) is 0 Å². The number of carbonyl (C=O) groups is 1. The Hall–Kier alpha value is -2.28. The van der Waals surface area contributed by atoms with Crippen LogP contribution in [-0.2, 0) is 17.8 Å². The average Bonchev–Trinajstić information content (AvgIpc) is 3.51. The number of rotatable bonds is 5. The SMILES string of the molecule is O=C1CCC[C@H]2[C@@H]3C[C@@H](CN(Cc4nc(C5CC5)no4)C3)[C@H](Cc3cccc(F)c3)N12. The molecule has 6 nitrogen and oxygen atoms in total. The van der Waals surface area contributed by atoms with Crippen LogP contribution in [0.2, 0.25) is 0 Å². The Morgan fingerprint density at radius 2 is 2.03 bits per heavy atom. The highest BCUT2D eigenvalue weighted by atomic mass is 19.1. The van der Waals surface area contributed by atoms with Crippen LogP contribution < -0.4 is 0 Å². The van der Waals surface area contributed by atoms with Crippen LogP contribution in [0.15, 0.2) is 28.8 Å². The zero-order valence-corrected chi connectivity index (χ0v) is 17.8. The molecule has 31 heavy (non-hydrogen) atoms. The van der Waals surface area contributed by atoms with Crippen LogP contribution in [0.25, 0.3) is 0 Å². The van der Waals surface area contributed by atoms with E-state index in [4.69, 9.17) is 4.52 Å². The zero-order valence-electron chi connectivity index (χ0n) is 17.8. The monoisotopic (exact) mass is 424 g/mol.